The molecule has 1 aromatic rings. The van der Waals surface area contributed by atoms with E-state index in [0.29, 0.717) is 31.7 Å². The fourth-order valence-corrected chi connectivity index (χ4v) is 2.96. The summed E-state index contributed by atoms with van der Waals surface area (Å²) in [5.41, 5.74) is 0.313. The molecule has 1 aromatic carbocycles. The average molecular weight is 331 g/mol. The molecule has 1 heterocycles. The number of hydrogen-bond donors (Lipinski definition) is 1. The van der Waals surface area contributed by atoms with Gasteiger partial charge in [-0.15, -0.1) is 0 Å². The first kappa shape index (κ1) is 15.9. The van der Waals surface area contributed by atoms with Crippen molar-refractivity contribution in [1.82, 2.24) is 9.80 Å². The van der Waals surface area contributed by atoms with Crippen LogP contribution in [0.25, 0.3) is 0 Å². The molecule has 0 radical (unpaired) electrons. The van der Waals surface area contributed by atoms with E-state index in [1.54, 1.807) is 9.80 Å². The summed E-state index contributed by atoms with van der Waals surface area (Å²) in [4.78, 5) is 26.9. The van der Waals surface area contributed by atoms with Crippen molar-refractivity contribution >= 4 is 34.5 Å². The van der Waals surface area contributed by atoms with Gasteiger partial charge in [-0.2, -0.15) is 0 Å². The highest BCUT2D eigenvalue weighted by Crippen LogP contribution is 2.21. The van der Waals surface area contributed by atoms with Gasteiger partial charge in [0.1, 0.15) is 0 Å². The normalized spacial score (nSPS) is 16.7. The molecular formula is C13H15ClN2O4S. The van der Waals surface area contributed by atoms with Crippen LogP contribution in [-0.2, 0) is 15.9 Å². The van der Waals surface area contributed by atoms with E-state index in [1.165, 1.54) is 25.1 Å². The molecule has 1 aliphatic heterocycles. The maximum absolute atomic E-state index is 12.4. The van der Waals surface area contributed by atoms with E-state index in [4.69, 9.17) is 16.2 Å². The Morgan fingerprint density at radius 3 is 2.29 bits per heavy atom. The van der Waals surface area contributed by atoms with Gasteiger partial charge in [-0.3, -0.25) is 9.59 Å². The summed E-state index contributed by atoms with van der Waals surface area (Å²) in [6.07, 6.45) is 0. The van der Waals surface area contributed by atoms with Crippen LogP contribution in [0.15, 0.2) is 23.1 Å². The summed E-state index contributed by atoms with van der Waals surface area (Å²) in [5.74, 6) is -0.242. The van der Waals surface area contributed by atoms with Gasteiger partial charge in [-0.25, -0.2) is 4.21 Å². The van der Waals surface area contributed by atoms with Crippen LogP contribution in [0, 0.1) is 0 Å². The van der Waals surface area contributed by atoms with Gasteiger partial charge in [0.25, 0.3) is 5.91 Å². The second-order valence-electron chi connectivity index (χ2n) is 4.69. The highest BCUT2D eigenvalue weighted by Gasteiger charge is 2.24. The lowest BCUT2D eigenvalue weighted by Crippen LogP contribution is -2.50. The van der Waals surface area contributed by atoms with Gasteiger partial charge in [0, 0.05) is 38.7 Å². The monoisotopic (exact) mass is 330 g/mol. The Balaban J connectivity index is 2.13. The van der Waals surface area contributed by atoms with Crippen molar-refractivity contribution in [2.45, 2.75) is 11.8 Å². The Morgan fingerprint density at radius 2 is 1.76 bits per heavy atom. The maximum atomic E-state index is 12.4. The molecule has 0 aromatic heterocycles. The van der Waals surface area contributed by atoms with Crippen LogP contribution in [0.5, 0.6) is 0 Å². The van der Waals surface area contributed by atoms with Crippen molar-refractivity contribution in [3.8, 4) is 0 Å². The quantitative estimate of drug-likeness (QED) is 0.827. The molecule has 8 heteroatoms. The number of carbonyl (C=O) groups excluding carboxylic acids is 2. The number of carbonyl (C=O) groups is 2. The van der Waals surface area contributed by atoms with Crippen LogP contribution in [0.2, 0.25) is 5.02 Å². The lowest BCUT2D eigenvalue weighted by molar-refractivity contribution is -0.130. The Labute approximate surface area is 130 Å². The minimum absolute atomic E-state index is 0.00782. The number of benzene rings is 1. The zero-order valence-electron chi connectivity index (χ0n) is 11.4. The number of hydrogen-bond acceptors (Lipinski definition) is 3. The van der Waals surface area contributed by atoms with Crippen LogP contribution in [0.1, 0.15) is 17.3 Å². The lowest BCUT2D eigenvalue weighted by atomic mass is 10.2. The molecule has 1 fully saturated rings. The van der Waals surface area contributed by atoms with E-state index in [9.17, 15) is 13.8 Å². The van der Waals surface area contributed by atoms with Gasteiger partial charge in [0.15, 0.2) is 11.1 Å². The van der Waals surface area contributed by atoms with Crippen LogP contribution in [0.3, 0.4) is 0 Å². The Kier molecular flexibility index (Phi) is 4.97. The minimum Gasteiger partial charge on any atom is -0.339 e. The molecule has 0 saturated carbocycles. The lowest BCUT2D eigenvalue weighted by Gasteiger charge is -2.34. The summed E-state index contributed by atoms with van der Waals surface area (Å²) < 4.78 is 20.3. The van der Waals surface area contributed by atoms with Crippen molar-refractivity contribution in [1.29, 1.82) is 0 Å². The molecule has 2 amide bonds. The Bertz CT molecular complexity index is 600. The first-order valence-corrected chi connectivity index (χ1v) is 7.84. The Morgan fingerprint density at radius 1 is 1.19 bits per heavy atom. The van der Waals surface area contributed by atoms with Crippen LogP contribution in [-0.4, -0.2) is 56.6 Å². The van der Waals surface area contributed by atoms with Crippen LogP contribution >= 0.6 is 11.6 Å². The summed E-state index contributed by atoms with van der Waals surface area (Å²) in [6.45, 7) is 3.37. The van der Waals surface area contributed by atoms with Gasteiger partial charge >= 0.3 is 0 Å². The summed E-state index contributed by atoms with van der Waals surface area (Å²) in [7, 11) is 0. The first-order chi connectivity index (χ1) is 9.90. The molecule has 114 valence electrons. The van der Waals surface area contributed by atoms with Gasteiger partial charge in [0.2, 0.25) is 5.91 Å². The van der Waals surface area contributed by atoms with E-state index in [0.717, 1.165) is 0 Å². The van der Waals surface area contributed by atoms with Crippen molar-refractivity contribution < 1.29 is 18.4 Å². The second kappa shape index (κ2) is 6.55. The molecule has 6 nitrogen and oxygen atoms in total. The standard InChI is InChI=1S/C13H15ClN2O4S/c1-9(17)15-4-6-16(7-5-15)13(18)10-2-3-11(14)12(8-10)21(19)20/h2-3,8H,4-7H2,1H3,(H,19,20). The molecular weight excluding hydrogens is 316 g/mol. The summed E-state index contributed by atoms with van der Waals surface area (Å²) in [6, 6.07) is 4.29. The number of nitrogens with zero attached hydrogens (tertiary/aromatic N) is 2. The summed E-state index contributed by atoms with van der Waals surface area (Å²) in [5, 5.41) is 0.147. The zero-order chi connectivity index (χ0) is 15.6. The van der Waals surface area contributed by atoms with E-state index >= 15 is 0 Å². The molecule has 0 bridgehead atoms. The predicted octanol–water partition coefficient (Wildman–Crippen LogP) is 1.22. The highest BCUT2D eigenvalue weighted by molar-refractivity contribution is 7.79. The number of halogens is 1. The molecule has 2 rings (SSSR count). The molecule has 0 spiro atoms. The smallest absolute Gasteiger partial charge is 0.254 e. The number of amides is 2. The third kappa shape index (κ3) is 3.61. The van der Waals surface area contributed by atoms with Crippen LogP contribution < -0.4 is 0 Å². The highest BCUT2D eigenvalue weighted by atomic mass is 35.5. The van der Waals surface area contributed by atoms with Crippen molar-refractivity contribution in [3.05, 3.63) is 28.8 Å². The molecule has 1 saturated heterocycles. The van der Waals surface area contributed by atoms with Gasteiger partial charge in [0.05, 0.1) is 9.92 Å². The second-order valence-corrected chi connectivity index (χ2v) is 6.04. The van der Waals surface area contributed by atoms with Crippen LogP contribution in [0.4, 0.5) is 0 Å². The maximum Gasteiger partial charge on any atom is 0.254 e. The van der Waals surface area contributed by atoms with E-state index in [-0.39, 0.29) is 21.7 Å². The fourth-order valence-electron chi connectivity index (χ4n) is 2.18. The fraction of sp³-hybridized carbons (Fsp3) is 0.385. The minimum atomic E-state index is -2.24. The topological polar surface area (TPSA) is 77.9 Å². The third-order valence-electron chi connectivity index (χ3n) is 3.38. The van der Waals surface area contributed by atoms with Crippen molar-refractivity contribution in [2.75, 3.05) is 26.2 Å². The molecule has 1 N–H and O–H groups in total. The van der Waals surface area contributed by atoms with Gasteiger partial charge < -0.3 is 14.4 Å². The third-order valence-corrected chi connectivity index (χ3v) is 4.53. The molecule has 1 atom stereocenters. The number of rotatable bonds is 2. The van der Waals surface area contributed by atoms with E-state index < -0.39 is 11.1 Å². The van der Waals surface area contributed by atoms with Gasteiger partial charge in [-0.1, -0.05) is 11.6 Å². The predicted molar refractivity (Wildman–Crippen MR) is 78.6 cm³/mol. The van der Waals surface area contributed by atoms with E-state index in [1.807, 2.05) is 0 Å². The first-order valence-electron chi connectivity index (χ1n) is 6.35. The Hall–Kier alpha value is -1.44. The van der Waals surface area contributed by atoms with Crippen molar-refractivity contribution in [3.63, 3.8) is 0 Å². The zero-order valence-corrected chi connectivity index (χ0v) is 13.0. The number of piperazine rings is 1. The van der Waals surface area contributed by atoms with Gasteiger partial charge in [-0.05, 0) is 18.2 Å². The molecule has 0 aliphatic carbocycles. The average Bonchev–Trinajstić information content (AvgIpc) is 2.46. The summed E-state index contributed by atoms with van der Waals surface area (Å²) >= 11 is 3.57. The largest absolute Gasteiger partial charge is 0.339 e. The van der Waals surface area contributed by atoms with Crippen molar-refractivity contribution in [2.24, 2.45) is 0 Å². The molecule has 21 heavy (non-hydrogen) atoms. The molecule has 1 aliphatic rings. The van der Waals surface area contributed by atoms with E-state index in [2.05, 4.69) is 0 Å². The SMILES string of the molecule is CC(=O)N1CCN(C(=O)c2ccc(Cl)c(S(=O)O)c2)CC1. The molecule has 1 unspecified atom stereocenters.